The molecule has 4 rings (SSSR count). The second kappa shape index (κ2) is 9.57. The van der Waals surface area contributed by atoms with Gasteiger partial charge in [-0.05, 0) is 42.0 Å². The first kappa shape index (κ1) is 20.8. The van der Waals surface area contributed by atoms with E-state index >= 15 is 0 Å². The molecule has 0 amide bonds. The third-order valence-electron chi connectivity index (χ3n) is 4.78. The minimum Gasteiger partial charge on any atom is -0.497 e. The Kier molecular flexibility index (Phi) is 6.43. The van der Waals surface area contributed by atoms with Crippen molar-refractivity contribution < 1.29 is 14.2 Å². The number of benzene rings is 3. The minimum absolute atomic E-state index is 0.692. The Morgan fingerprint density at radius 1 is 0.742 bits per heavy atom. The molecule has 6 nitrogen and oxygen atoms in total. The van der Waals surface area contributed by atoms with Crippen LogP contribution in [0, 0.1) is 0 Å². The van der Waals surface area contributed by atoms with Crippen molar-refractivity contribution in [2.24, 2.45) is 0 Å². The molecule has 158 valence electrons. The fourth-order valence-electron chi connectivity index (χ4n) is 3.17. The highest BCUT2D eigenvalue weighted by atomic mass is 32.2. The number of aromatic nitrogens is 3. The monoisotopic (exact) mass is 433 g/mol. The predicted octanol–water partition coefficient (Wildman–Crippen LogP) is 5.25. The lowest BCUT2D eigenvalue weighted by molar-refractivity contribution is 0.394. The SMILES string of the molecule is COc1ccc(-n2c(SCc3ccccc3)nnc2-c2cc(OC)cc(OC)c2)cc1. The molecule has 0 aliphatic carbocycles. The van der Waals surface area contributed by atoms with Crippen LogP contribution in [0.4, 0.5) is 0 Å². The smallest absolute Gasteiger partial charge is 0.196 e. The van der Waals surface area contributed by atoms with Gasteiger partial charge in [0.2, 0.25) is 0 Å². The molecule has 0 saturated carbocycles. The number of ether oxygens (including phenoxy) is 3. The third kappa shape index (κ3) is 4.67. The Labute approximate surface area is 185 Å². The van der Waals surface area contributed by atoms with Crippen LogP contribution in [0.15, 0.2) is 78.0 Å². The highest BCUT2D eigenvalue weighted by Crippen LogP contribution is 2.34. The molecule has 0 bridgehead atoms. The number of thioether (sulfide) groups is 1. The topological polar surface area (TPSA) is 58.4 Å². The first-order chi connectivity index (χ1) is 15.2. The summed E-state index contributed by atoms with van der Waals surface area (Å²) < 4.78 is 18.3. The molecule has 0 aliphatic heterocycles. The van der Waals surface area contributed by atoms with Gasteiger partial charge in [0.25, 0.3) is 0 Å². The Morgan fingerprint density at radius 3 is 2.00 bits per heavy atom. The van der Waals surface area contributed by atoms with E-state index in [-0.39, 0.29) is 0 Å². The van der Waals surface area contributed by atoms with Gasteiger partial charge in [-0.3, -0.25) is 4.57 Å². The van der Waals surface area contributed by atoms with Gasteiger partial charge in [-0.2, -0.15) is 0 Å². The molecule has 0 N–H and O–H groups in total. The summed E-state index contributed by atoms with van der Waals surface area (Å²) in [6.45, 7) is 0. The summed E-state index contributed by atoms with van der Waals surface area (Å²) in [5.74, 6) is 3.67. The number of hydrogen-bond acceptors (Lipinski definition) is 6. The lowest BCUT2D eigenvalue weighted by Gasteiger charge is -2.13. The summed E-state index contributed by atoms with van der Waals surface area (Å²) in [5, 5.41) is 9.82. The van der Waals surface area contributed by atoms with Crippen LogP contribution in [0.2, 0.25) is 0 Å². The van der Waals surface area contributed by atoms with Crippen molar-refractivity contribution in [3.8, 4) is 34.3 Å². The first-order valence-corrected chi connectivity index (χ1v) is 10.7. The predicted molar refractivity (Wildman–Crippen MR) is 122 cm³/mol. The van der Waals surface area contributed by atoms with E-state index in [1.165, 1.54) is 5.56 Å². The molecule has 0 unspecified atom stereocenters. The van der Waals surface area contributed by atoms with E-state index in [1.54, 1.807) is 33.1 Å². The van der Waals surface area contributed by atoms with Crippen LogP contribution >= 0.6 is 11.8 Å². The first-order valence-electron chi connectivity index (χ1n) is 9.72. The molecular weight excluding hydrogens is 410 g/mol. The number of nitrogens with zero attached hydrogens (tertiary/aromatic N) is 3. The van der Waals surface area contributed by atoms with E-state index < -0.39 is 0 Å². The maximum Gasteiger partial charge on any atom is 0.196 e. The van der Waals surface area contributed by atoms with Gasteiger partial charge in [0.1, 0.15) is 17.2 Å². The zero-order chi connectivity index (χ0) is 21.6. The average molecular weight is 434 g/mol. The summed E-state index contributed by atoms with van der Waals surface area (Å²) in [7, 11) is 4.92. The van der Waals surface area contributed by atoms with Crippen molar-refractivity contribution in [1.82, 2.24) is 14.8 Å². The molecule has 0 atom stereocenters. The molecule has 0 radical (unpaired) electrons. The summed E-state index contributed by atoms with van der Waals surface area (Å²) in [6, 6.07) is 23.8. The zero-order valence-corrected chi connectivity index (χ0v) is 18.4. The summed E-state index contributed by atoms with van der Waals surface area (Å²) >= 11 is 1.64. The highest BCUT2D eigenvalue weighted by molar-refractivity contribution is 7.98. The van der Waals surface area contributed by atoms with Crippen LogP contribution in [0.3, 0.4) is 0 Å². The molecule has 0 aliphatic rings. The van der Waals surface area contributed by atoms with Crippen LogP contribution in [0.1, 0.15) is 5.56 Å². The third-order valence-corrected chi connectivity index (χ3v) is 5.78. The Hall–Kier alpha value is -3.45. The van der Waals surface area contributed by atoms with Gasteiger partial charge in [0, 0.05) is 23.1 Å². The van der Waals surface area contributed by atoms with E-state index in [0.29, 0.717) is 17.3 Å². The fraction of sp³-hybridized carbons (Fsp3) is 0.167. The van der Waals surface area contributed by atoms with Crippen molar-refractivity contribution >= 4 is 11.8 Å². The van der Waals surface area contributed by atoms with Crippen LogP contribution in [0.5, 0.6) is 17.2 Å². The fourth-order valence-corrected chi connectivity index (χ4v) is 4.08. The molecule has 7 heteroatoms. The summed E-state index contributed by atoms with van der Waals surface area (Å²) in [5.41, 5.74) is 3.02. The second-order valence-corrected chi connectivity index (χ2v) is 7.66. The Balaban J connectivity index is 1.78. The molecule has 1 aromatic heterocycles. The van der Waals surface area contributed by atoms with Gasteiger partial charge < -0.3 is 14.2 Å². The molecular formula is C24H23N3O3S. The van der Waals surface area contributed by atoms with E-state index in [4.69, 9.17) is 14.2 Å². The average Bonchev–Trinajstić information content (AvgIpc) is 3.27. The lowest BCUT2D eigenvalue weighted by atomic mass is 10.1. The molecule has 4 aromatic rings. The molecule has 3 aromatic carbocycles. The molecule has 0 saturated heterocycles. The molecule has 0 fully saturated rings. The van der Waals surface area contributed by atoms with Crippen LogP contribution in [-0.2, 0) is 5.75 Å². The quantitative estimate of drug-likeness (QED) is 0.354. The lowest BCUT2D eigenvalue weighted by Crippen LogP contribution is -2.00. The highest BCUT2D eigenvalue weighted by Gasteiger charge is 2.18. The summed E-state index contributed by atoms with van der Waals surface area (Å²) in [6.07, 6.45) is 0. The maximum atomic E-state index is 5.45. The van der Waals surface area contributed by atoms with Gasteiger partial charge in [-0.25, -0.2) is 0 Å². The van der Waals surface area contributed by atoms with Crippen LogP contribution in [0.25, 0.3) is 17.1 Å². The molecule has 0 spiro atoms. The van der Waals surface area contributed by atoms with Crippen molar-refractivity contribution in [2.45, 2.75) is 10.9 Å². The zero-order valence-electron chi connectivity index (χ0n) is 17.6. The minimum atomic E-state index is 0.692. The van der Waals surface area contributed by atoms with Crippen molar-refractivity contribution in [1.29, 1.82) is 0 Å². The molecule has 31 heavy (non-hydrogen) atoms. The second-order valence-electron chi connectivity index (χ2n) is 6.72. The summed E-state index contributed by atoms with van der Waals surface area (Å²) in [4.78, 5) is 0. The van der Waals surface area contributed by atoms with Crippen molar-refractivity contribution in [2.75, 3.05) is 21.3 Å². The van der Waals surface area contributed by atoms with E-state index in [1.807, 2.05) is 65.2 Å². The van der Waals surface area contributed by atoms with Crippen molar-refractivity contribution in [3.05, 3.63) is 78.4 Å². The van der Waals surface area contributed by atoms with E-state index in [9.17, 15) is 0 Å². The van der Waals surface area contributed by atoms with Gasteiger partial charge in [0.15, 0.2) is 11.0 Å². The number of hydrogen-bond donors (Lipinski definition) is 0. The normalized spacial score (nSPS) is 10.7. The van der Waals surface area contributed by atoms with E-state index in [2.05, 4.69) is 22.3 Å². The largest absolute Gasteiger partial charge is 0.497 e. The maximum absolute atomic E-state index is 5.45. The van der Waals surface area contributed by atoms with Gasteiger partial charge in [0.05, 0.1) is 21.3 Å². The van der Waals surface area contributed by atoms with Gasteiger partial charge in [-0.1, -0.05) is 42.1 Å². The van der Waals surface area contributed by atoms with Gasteiger partial charge in [-0.15, -0.1) is 10.2 Å². The Morgan fingerprint density at radius 2 is 1.39 bits per heavy atom. The number of rotatable bonds is 8. The standard InChI is InChI=1S/C24H23N3O3S/c1-28-20-11-9-19(10-12-20)27-23(18-13-21(29-2)15-22(14-18)30-3)25-26-24(27)31-16-17-7-5-4-6-8-17/h4-15H,16H2,1-3H3. The van der Waals surface area contributed by atoms with Gasteiger partial charge >= 0.3 is 0 Å². The molecule has 1 heterocycles. The van der Waals surface area contributed by atoms with E-state index in [0.717, 1.165) is 27.9 Å². The Bertz CT molecular complexity index is 1120. The van der Waals surface area contributed by atoms with Crippen LogP contribution < -0.4 is 14.2 Å². The van der Waals surface area contributed by atoms with Crippen LogP contribution in [-0.4, -0.2) is 36.1 Å². The van der Waals surface area contributed by atoms with Crippen molar-refractivity contribution in [3.63, 3.8) is 0 Å². The number of methoxy groups -OCH3 is 3.